The van der Waals surface area contributed by atoms with Crippen molar-refractivity contribution in [3.8, 4) is 0 Å². The second-order valence-electron chi connectivity index (χ2n) is 4.11. The Morgan fingerprint density at radius 1 is 1.46 bits per heavy atom. The first-order valence-electron chi connectivity index (χ1n) is 4.74. The molecule has 3 nitrogen and oxygen atoms in total. The van der Waals surface area contributed by atoms with Crippen LogP contribution >= 0.6 is 0 Å². The highest BCUT2D eigenvalue weighted by molar-refractivity contribution is 4.95. The maximum absolute atomic E-state index is 4.19. The summed E-state index contributed by atoms with van der Waals surface area (Å²) in [6, 6.07) is 0. The van der Waals surface area contributed by atoms with Gasteiger partial charge in [0.15, 0.2) is 0 Å². The van der Waals surface area contributed by atoms with E-state index in [1.165, 1.54) is 12.8 Å². The summed E-state index contributed by atoms with van der Waals surface area (Å²) in [6.07, 6.45) is 7.96. The fourth-order valence-corrected chi connectivity index (χ4v) is 1.30. The molecule has 0 amide bonds. The number of rotatable bonds is 4. The minimum absolute atomic E-state index is 0.572. The Hall–Kier alpha value is -0.960. The Bertz CT molecular complexity index is 267. The summed E-state index contributed by atoms with van der Waals surface area (Å²) in [5, 5.41) is 3.40. The van der Waals surface area contributed by atoms with Crippen LogP contribution in [0.3, 0.4) is 0 Å². The maximum atomic E-state index is 4.19. The molecule has 1 aliphatic carbocycles. The van der Waals surface area contributed by atoms with Gasteiger partial charge in [-0.25, -0.2) is 0 Å². The number of nitrogens with one attached hydrogen (secondary N) is 1. The third-order valence-electron chi connectivity index (χ3n) is 2.58. The van der Waals surface area contributed by atoms with Crippen LogP contribution in [-0.2, 0) is 6.54 Å². The van der Waals surface area contributed by atoms with E-state index in [4.69, 9.17) is 0 Å². The van der Waals surface area contributed by atoms with Crippen molar-refractivity contribution in [1.82, 2.24) is 15.3 Å². The molecule has 0 aromatic carbocycles. The third-order valence-corrected chi connectivity index (χ3v) is 2.58. The largest absolute Gasteiger partial charge is 0.311 e. The van der Waals surface area contributed by atoms with Crippen LogP contribution in [0.1, 0.15) is 25.5 Å². The van der Waals surface area contributed by atoms with Gasteiger partial charge in [0.1, 0.15) is 0 Å². The molecule has 1 N–H and O–H groups in total. The lowest BCUT2D eigenvalue weighted by molar-refractivity contribution is 0.496. The summed E-state index contributed by atoms with van der Waals surface area (Å²) < 4.78 is 0. The summed E-state index contributed by atoms with van der Waals surface area (Å²) in [5.41, 5.74) is 1.59. The Morgan fingerprint density at radius 2 is 2.31 bits per heavy atom. The summed E-state index contributed by atoms with van der Waals surface area (Å²) in [5.74, 6) is 0. The van der Waals surface area contributed by atoms with Gasteiger partial charge in [0, 0.05) is 31.7 Å². The van der Waals surface area contributed by atoms with Crippen LogP contribution in [0, 0.1) is 5.41 Å². The SMILES string of the molecule is CC1(CNCc2cnccn2)CC1. The molecule has 0 unspecified atom stereocenters. The lowest BCUT2D eigenvalue weighted by Crippen LogP contribution is -2.21. The lowest BCUT2D eigenvalue weighted by Gasteiger charge is -2.08. The molecule has 0 saturated heterocycles. The first kappa shape index (κ1) is 8.63. The molecule has 1 aliphatic rings. The Morgan fingerprint density at radius 3 is 2.92 bits per heavy atom. The van der Waals surface area contributed by atoms with Crippen molar-refractivity contribution in [2.75, 3.05) is 6.54 Å². The van der Waals surface area contributed by atoms with E-state index in [1.54, 1.807) is 12.4 Å². The maximum Gasteiger partial charge on any atom is 0.0724 e. The monoisotopic (exact) mass is 177 g/mol. The summed E-state index contributed by atoms with van der Waals surface area (Å²) in [4.78, 5) is 8.21. The molecule has 1 aromatic heterocycles. The van der Waals surface area contributed by atoms with Crippen LogP contribution in [0.25, 0.3) is 0 Å². The molecule has 13 heavy (non-hydrogen) atoms. The molecule has 3 heteroatoms. The van der Waals surface area contributed by atoms with Crippen LogP contribution < -0.4 is 5.32 Å². The van der Waals surface area contributed by atoms with Crippen LogP contribution in [0.5, 0.6) is 0 Å². The van der Waals surface area contributed by atoms with Gasteiger partial charge < -0.3 is 5.32 Å². The highest BCUT2D eigenvalue weighted by Crippen LogP contribution is 2.43. The predicted octanol–water partition coefficient (Wildman–Crippen LogP) is 1.37. The van der Waals surface area contributed by atoms with Crippen molar-refractivity contribution >= 4 is 0 Å². The molecule has 1 aromatic rings. The Labute approximate surface area is 78.6 Å². The second kappa shape index (κ2) is 3.42. The number of nitrogens with zero attached hydrogens (tertiary/aromatic N) is 2. The van der Waals surface area contributed by atoms with Gasteiger partial charge >= 0.3 is 0 Å². The Kier molecular flexibility index (Phi) is 2.27. The van der Waals surface area contributed by atoms with Gasteiger partial charge in [-0.2, -0.15) is 0 Å². The molecule has 2 rings (SSSR count). The molecule has 0 radical (unpaired) electrons. The molecule has 0 spiro atoms. The van der Waals surface area contributed by atoms with Crippen molar-refractivity contribution in [1.29, 1.82) is 0 Å². The minimum Gasteiger partial charge on any atom is -0.311 e. The Balaban J connectivity index is 1.74. The van der Waals surface area contributed by atoms with E-state index in [0.29, 0.717) is 5.41 Å². The fourth-order valence-electron chi connectivity index (χ4n) is 1.30. The van der Waals surface area contributed by atoms with Crippen molar-refractivity contribution in [2.45, 2.75) is 26.3 Å². The highest BCUT2D eigenvalue weighted by Gasteiger charge is 2.36. The molecule has 70 valence electrons. The predicted molar refractivity (Wildman–Crippen MR) is 51.1 cm³/mol. The van der Waals surface area contributed by atoms with E-state index in [2.05, 4.69) is 22.2 Å². The molecule has 0 atom stereocenters. The van der Waals surface area contributed by atoms with E-state index >= 15 is 0 Å². The first-order valence-corrected chi connectivity index (χ1v) is 4.74. The minimum atomic E-state index is 0.572. The third kappa shape index (κ3) is 2.49. The standard InChI is InChI=1S/C10H15N3/c1-10(2-3-10)8-12-7-9-6-11-4-5-13-9/h4-6,12H,2-3,7-8H2,1H3. The highest BCUT2D eigenvalue weighted by atomic mass is 14.9. The molecule has 0 aliphatic heterocycles. The van der Waals surface area contributed by atoms with Gasteiger partial charge in [0.05, 0.1) is 5.69 Å². The molecular formula is C10H15N3. The van der Waals surface area contributed by atoms with E-state index in [-0.39, 0.29) is 0 Å². The van der Waals surface area contributed by atoms with E-state index in [0.717, 1.165) is 18.8 Å². The second-order valence-corrected chi connectivity index (χ2v) is 4.11. The van der Waals surface area contributed by atoms with Crippen LogP contribution in [0.2, 0.25) is 0 Å². The zero-order valence-electron chi connectivity index (χ0n) is 7.95. The van der Waals surface area contributed by atoms with Crippen molar-refractivity contribution < 1.29 is 0 Å². The molecule has 1 saturated carbocycles. The topological polar surface area (TPSA) is 37.8 Å². The fraction of sp³-hybridized carbons (Fsp3) is 0.600. The average molecular weight is 177 g/mol. The summed E-state index contributed by atoms with van der Waals surface area (Å²) in [6.45, 7) is 4.25. The van der Waals surface area contributed by atoms with Crippen LogP contribution in [0.15, 0.2) is 18.6 Å². The smallest absolute Gasteiger partial charge is 0.0724 e. The number of hydrogen-bond donors (Lipinski definition) is 1. The van der Waals surface area contributed by atoms with Crippen molar-refractivity contribution in [2.24, 2.45) is 5.41 Å². The lowest BCUT2D eigenvalue weighted by atomic mass is 10.1. The van der Waals surface area contributed by atoms with Gasteiger partial charge in [0.2, 0.25) is 0 Å². The van der Waals surface area contributed by atoms with Gasteiger partial charge in [-0.1, -0.05) is 6.92 Å². The van der Waals surface area contributed by atoms with Crippen LogP contribution in [-0.4, -0.2) is 16.5 Å². The van der Waals surface area contributed by atoms with E-state index < -0.39 is 0 Å². The zero-order chi connectivity index (χ0) is 9.15. The van der Waals surface area contributed by atoms with Crippen LogP contribution in [0.4, 0.5) is 0 Å². The van der Waals surface area contributed by atoms with E-state index in [1.807, 2.05) is 6.20 Å². The number of hydrogen-bond acceptors (Lipinski definition) is 3. The first-order chi connectivity index (χ1) is 6.29. The summed E-state index contributed by atoms with van der Waals surface area (Å²) >= 11 is 0. The zero-order valence-corrected chi connectivity index (χ0v) is 7.95. The van der Waals surface area contributed by atoms with Crippen molar-refractivity contribution in [3.63, 3.8) is 0 Å². The summed E-state index contributed by atoms with van der Waals surface area (Å²) in [7, 11) is 0. The number of aromatic nitrogens is 2. The molecule has 1 fully saturated rings. The van der Waals surface area contributed by atoms with E-state index in [9.17, 15) is 0 Å². The quantitative estimate of drug-likeness (QED) is 0.754. The van der Waals surface area contributed by atoms with Gasteiger partial charge in [0.25, 0.3) is 0 Å². The van der Waals surface area contributed by atoms with Gasteiger partial charge in [-0.3, -0.25) is 9.97 Å². The van der Waals surface area contributed by atoms with Gasteiger partial charge in [-0.05, 0) is 18.3 Å². The van der Waals surface area contributed by atoms with Gasteiger partial charge in [-0.15, -0.1) is 0 Å². The molecule has 1 heterocycles. The normalized spacial score (nSPS) is 18.5. The molecular weight excluding hydrogens is 162 g/mol. The molecule has 0 bridgehead atoms. The average Bonchev–Trinajstić information content (AvgIpc) is 2.86. The van der Waals surface area contributed by atoms with Crippen molar-refractivity contribution in [3.05, 3.63) is 24.3 Å².